The van der Waals surface area contributed by atoms with Crippen LogP contribution in [0, 0.1) is 6.92 Å². The summed E-state index contributed by atoms with van der Waals surface area (Å²) in [5, 5.41) is 13.0. The summed E-state index contributed by atoms with van der Waals surface area (Å²) in [6.07, 6.45) is 0.597. The molecule has 2 N–H and O–H groups in total. The maximum Gasteiger partial charge on any atom is 0.303 e. The molecule has 0 fully saturated rings. The summed E-state index contributed by atoms with van der Waals surface area (Å²) in [5.74, 6) is -0.903. The van der Waals surface area contributed by atoms with Gasteiger partial charge >= 0.3 is 5.97 Å². The highest BCUT2D eigenvalue weighted by molar-refractivity contribution is 6.30. The van der Waals surface area contributed by atoms with Crippen LogP contribution >= 0.6 is 11.6 Å². The number of Topliss-reactive ketones (excluding diaryl/α,β-unsaturated/α-hetero) is 1. The molecule has 182 valence electrons. The van der Waals surface area contributed by atoms with Crippen molar-refractivity contribution >= 4 is 29.0 Å². The molecule has 36 heavy (non-hydrogen) atoms. The summed E-state index contributed by atoms with van der Waals surface area (Å²) >= 11 is 6.00. The van der Waals surface area contributed by atoms with Crippen molar-refractivity contribution in [1.29, 1.82) is 0 Å². The zero-order valence-electron chi connectivity index (χ0n) is 20.1. The van der Waals surface area contributed by atoms with Crippen molar-refractivity contribution in [3.05, 3.63) is 113 Å². The molecule has 0 aliphatic heterocycles. The minimum Gasteiger partial charge on any atom is -0.481 e. The lowest BCUT2D eigenvalue weighted by molar-refractivity contribution is -0.137. The molecule has 0 radical (unpaired) electrons. The van der Waals surface area contributed by atoms with E-state index in [1.165, 1.54) is 0 Å². The lowest BCUT2D eigenvalue weighted by Crippen LogP contribution is -2.04. The normalized spacial score (nSPS) is 10.7. The van der Waals surface area contributed by atoms with E-state index in [-0.39, 0.29) is 18.6 Å². The summed E-state index contributed by atoms with van der Waals surface area (Å²) in [5.41, 5.74) is 8.26. The number of hydrogen-bond acceptors (Lipinski definition) is 3. The van der Waals surface area contributed by atoms with Crippen LogP contribution in [0.4, 0.5) is 5.69 Å². The van der Waals surface area contributed by atoms with Crippen molar-refractivity contribution < 1.29 is 14.7 Å². The van der Waals surface area contributed by atoms with Gasteiger partial charge < -0.3 is 10.4 Å². The largest absolute Gasteiger partial charge is 0.481 e. The molecule has 0 aromatic heterocycles. The van der Waals surface area contributed by atoms with Gasteiger partial charge in [-0.15, -0.1) is 0 Å². The molecule has 0 aliphatic rings. The van der Waals surface area contributed by atoms with Gasteiger partial charge in [0.05, 0.1) is 0 Å². The first-order chi connectivity index (χ1) is 17.4. The average molecular weight is 498 g/mol. The van der Waals surface area contributed by atoms with Gasteiger partial charge in [0.2, 0.25) is 0 Å². The fourth-order valence-electron chi connectivity index (χ4n) is 4.24. The third kappa shape index (κ3) is 6.41. The molecule has 0 unspecified atom stereocenters. The van der Waals surface area contributed by atoms with Crippen LogP contribution in [0.15, 0.2) is 91.0 Å². The SMILES string of the molecule is Cc1cc(C(=O)CCCC(=O)O)ccc1-c1ccccc1CNc1ccc(-c2ccc(Cl)cc2)cc1. The van der Waals surface area contributed by atoms with Crippen LogP contribution < -0.4 is 5.32 Å². The third-order valence-electron chi connectivity index (χ3n) is 6.20. The van der Waals surface area contributed by atoms with Gasteiger partial charge in [-0.05, 0) is 77.1 Å². The van der Waals surface area contributed by atoms with Gasteiger partial charge in [0.1, 0.15) is 0 Å². The van der Waals surface area contributed by atoms with E-state index < -0.39 is 5.97 Å². The Morgan fingerprint density at radius 3 is 2.14 bits per heavy atom. The van der Waals surface area contributed by atoms with Crippen molar-refractivity contribution in [3.8, 4) is 22.3 Å². The number of ketones is 1. The molecule has 0 amide bonds. The Morgan fingerprint density at radius 1 is 0.806 bits per heavy atom. The van der Waals surface area contributed by atoms with Crippen LogP contribution in [0.25, 0.3) is 22.3 Å². The van der Waals surface area contributed by atoms with Crippen molar-refractivity contribution in [3.63, 3.8) is 0 Å². The minimum atomic E-state index is -0.878. The molecular formula is C31H28ClNO3. The van der Waals surface area contributed by atoms with Gasteiger partial charge in [-0.2, -0.15) is 0 Å². The number of carbonyl (C=O) groups excluding carboxylic acids is 1. The Hall–Kier alpha value is -3.89. The Kier molecular flexibility index (Phi) is 8.19. The van der Waals surface area contributed by atoms with Gasteiger partial charge in [0, 0.05) is 35.7 Å². The van der Waals surface area contributed by atoms with E-state index in [4.69, 9.17) is 16.7 Å². The summed E-state index contributed by atoms with van der Waals surface area (Å²) in [6.45, 7) is 2.66. The number of hydrogen-bond donors (Lipinski definition) is 2. The summed E-state index contributed by atoms with van der Waals surface area (Å²) in [7, 11) is 0. The van der Waals surface area contributed by atoms with Crippen LogP contribution in [-0.4, -0.2) is 16.9 Å². The standard InChI is InChI=1S/C31H28ClNO3/c1-21-19-24(30(34)7-4-8-31(35)36)13-18-28(21)29-6-3-2-5-25(29)20-33-27-16-11-23(12-17-27)22-9-14-26(32)15-10-22/h2-3,5-6,9-19,33H,4,7-8,20H2,1H3,(H,35,36). The fraction of sp³-hybridized carbons (Fsp3) is 0.161. The number of aryl methyl sites for hydroxylation is 1. The zero-order chi connectivity index (χ0) is 25.5. The van der Waals surface area contributed by atoms with Crippen LogP contribution in [-0.2, 0) is 11.3 Å². The Labute approximate surface area is 216 Å². The lowest BCUT2D eigenvalue weighted by Gasteiger charge is -2.15. The molecule has 4 rings (SSSR count). The van der Waals surface area contributed by atoms with E-state index in [9.17, 15) is 9.59 Å². The first-order valence-electron chi connectivity index (χ1n) is 11.9. The number of carbonyl (C=O) groups is 2. The van der Waals surface area contributed by atoms with Gasteiger partial charge in [0.15, 0.2) is 5.78 Å². The summed E-state index contributed by atoms with van der Waals surface area (Å²) < 4.78 is 0. The first kappa shape index (κ1) is 25.2. The molecule has 0 bridgehead atoms. The van der Waals surface area contributed by atoms with E-state index in [0.29, 0.717) is 18.5 Å². The number of benzene rings is 4. The van der Waals surface area contributed by atoms with Gasteiger partial charge in [-0.1, -0.05) is 72.3 Å². The van der Waals surface area contributed by atoms with Crippen molar-refractivity contribution in [1.82, 2.24) is 0 Å². The number of nitrogens with one attached hydrogen (secondary N) is 1. The second-order valence-electron chi connectivity index (χ2n) is 8.80. The van der Waals surface area contributed by atoms with E-state index >= 15 is 0 Å². The Morgan fingerprint density at radius 2 is 1.47 bits per heavy atom. The van der Waals surface area contributed by atoms with Crippen molar-refractivity contribution in [2.24, 2.45) is 0 Å². The number of carboxylic acid groups (broad SMARTS) is 1. The summed E-state index contributed by atoms with van der Waals surface area (Å²) in [4.78, 5) is 23.2. The molecule has 4 nitrogen and oxygen atoms in total. The van der Waals surface area contributed by atoms with Crippen LogP contribution in [0.3, 0.4) is 0 Å². The minimum absolute atomic E-state index is 0.00698. The molecule has 5 heteroatoms. The average Bonchev–Trinajstić information content (AvgIpc) is 2.88. The smallest absolute Gasteiger partial charge is 0.303 e. The Bertz CT molecular complexity index is 1360. The van der Waals surface area contributed by atoms with Crippen molar-refractivity contribution in [2.75, 3.05) is 5.32 Å². The second kappa shape index (κ2) is 11.7. The van der Waals surface area contributed by atoms with Crippen molar-refractivity contribution in [2.45, 2.75) is 32.7 Å². The molecular weight excluding hydrogens is 470 g/mol. The molecule has 4 aromatic rings. The van der Waals surface area contributed by atoms with E-state index in [1.807, 2.05) is 61.5 Å². The molecule has 4 aromatic carbocycles. The van der Waals surface area contributed by atoms with Crippen LogP contribution in [0.1, 0.15) is 40.7 Å². The number of aliphatic carboxylic acids is 1. The maximum atomic E-state index is 12.5. The quantitative estimate of drug-likeness (QED) is 0.217. The predicted molar refractivity (Wildman–Crippen MR) is 147 cm³/mol. The molecule has 0 saturated carbocycles. The molecule has 0 saturated heterocycles. The van der Waals surface area contributed by atoms with E-state index in [0.717, 1.165) is 44.1 Å². The molecule has 0 spiro atoms. The maximum absolute atomic E-state index is 12.5. The lowest BCUT2D eigenvalue weighted by atomic mass is 9.93. The molecule has 0 heterocycles. The molecule has 0 aliphatic carbocycles. The predicted octanol–water partition coefficient (Wildman–Crippen LogP) is 8.03. The first-order valence-corrected chi connectivity index (χ1v) is 12.3. The highest BCUT2D eigenvalue weighted by Crippen LogP contribution is 2.29. The number of anilines is 1. The number of rotatable bonds is 10. The van der Waals surface area contributed by atoms with Crippen LogP contribution in [0.5, 0.6) is 0 Å². The number of halogens is 1. The summed E-state index contributed by atoms with van der Waals surface area (Å²) in [6, 6.07) is 30.1. The fourth-order valence-corrected chi connectivity index (χ4v) is 4.37. The topological polar surface area (TPSA) is 66.4 Å². The van der Waals surface area contributed by atoms with Gasteiger partial charge in [-0.25, -0.2) is 0 Å². The number of carboxylic acids is 1. The second-order valence-corrected chi connectivity index (χ2v) is 9.23. The molecule has 0 atom stereocenters. The van der Waals surface area contributed by atoms with Gasteiger partial charge in [-0.3, -0.25) is 9.59 Å². The highest BCUT2D eigenvalue weighted by Gasteiger charge is 2.12. The Balaban J connectivity index is 1.46. The van der Waals surface area contributed by atoms with E-state index in [1.54, 1.807) is 0 Å². The van der Waals surface area contributed by atoms with Crippen LogP contribution in [0.2, 0.25) is 5.02 Å². The third-order valence-corrected chi connectivity index (χ3v) is 6.45. The highest BCUT2D eigenvalue weighted by atomic mass is 35.5. The monoisotopic (exact) mass is 497 g/mol. The van der Waals surface area contributed by atoms with Gasteiger partial charge in [0.25, 0.3) is 0 Å². The zero-order valence-corrected chi connectivity index (χ0v) is 20.9. The van der Waals surface area contributed by atoms with E-state index in [2.05, 4.69) is 41.7 Å².